The Morgan fingerprint density at radius 1 is 1.05 bits per heavy atom. The lowest BCUT2D eigenvalue weighted by molar-refractivity contribution is -0.129. The molecule has 1 amide bonds. The lowest BCUT2D eigenvalue weighted by Gasteiger charge is -2.32. The van der Waals surface area contributed by atoms with Crippen LogP contribution in [0.4, 0.5) is 5.82 Å². The number of ether oxygens (including phenoxy) is 1. The third-order valence-electron chi connectivity index (χ3n) is 8.31. The van der Waals surface area contributed by atoms with Crippen LogP contribution in [0.5, 0.6) is 0 Å². The molecule has 0 saturated carbocycles. The molecular weight excluding hydrogens is 521 g/mol. The number of hydrogen-bond acceptors (Lipinski definition) is 7. The van der Waals surface area contributed by atoms with Gasteiger partial charge in [0.1, 0.15) is 18.2 Å². The van der Waals surface area contributed by atoms with Crippen LogP contribution in [0.1, 0.15) is 27.7 Å². The molecule has 2 saturated heterocycles. The first-order valence-corrected chi connectivity index (χ1v) is 17.8. The molecule has 5 rings (SSSR count). The molecule has 40 heavy (non-hydrogen) atoms. The van der Waals surface area contributed by atoms with Gasteiger partial charge in [0.05, 0.1) is 23.3 Å². The zero-order valence-electron chi connectivity index (χ0n) is 25.2. The maximum Gasteiger partial charge on any atom is 0.494 e. The number of fused-ring (bicyclic) bond motifs is 1. The van der Waals surface area contributed by atoms with E-state index in [-0.39, 0.29) is 5.91 Å². The Morgan fingerprint density at radius 3 is 2.45 bits per heavy atom. The average molecular weight is 564 g/mol. The topological polar surface area (TPSA) is 82.0 Å². The van der Waals surface area contributed by atoms with Gasteiger partial charge in [0.25, 0.3) is 0 Å². The van der Waals surface area contributed by atoms with Crippen LogP contribution in [0.3, 0.4) is 0 Å². The quantitative estimate of drug-likeness (QED) is 0.303. The van der Waals surface area contributed by atoms with Gasteiger partial charge in [0.2, 0.25) is 5.91 Å². The van der Waals surface area contributed by atoms with Crippen molar-refractivity contribution in [1.29, 1.82) is 0 Å². The molecule has 2 fully saturated rings. The van der Waals surface area contributed by atoms with Gasteiger partial charge in [-0.15, -0.1) is 0 Å². The highest BCUT2D eigenvalue weighted by molar-refractivity contribution is 6.76. The Morgan fingerprint density at radius 2 is 1.77 bits per heavy atom. The number of rotatable bonds is 8. The second-order valence-electron chi connectivity index (χ2n) is 13.2. The number of aromatic nitrogens is 3. The second kappa shape index (κ2) is 10.6. The number of benzene rings is 1. The molecule has 0 bridgehead atoms. The lowest BCUT2D eigenvalue weighted by atomic mass is 9.78. The molecule has 1 aromatic carbocycles. The first-order chi connectivity index (χ1) is 18.7. The summed E-state index contributed by atoms with van der Waals surface area (Å²) >= 11 is 0. The zero-order chi connectivity index (χ0) is 28.9. The minimum absolute atomic E-state index is 0.0932. The molecule has 0 spiro atoms. The number of likely N-dealkylation sites (N-methyl/N-ethyl adjacent to an activating group) is 1. The second-order valence-corrected chi connectivity index (χ2v) is 18.8. The normalized spacial score (nSPS) is 19.2. The van der Waals surface area contributed by atoms with E-state index in [0.29, 0.717) is 19.8 Å². The summed E-state index contributed by atoms with van der Waals surface area (Å²) in [7, 11) is 0.173. The summed E-state index contributed by atoms with van der Waals surface area (Å²) in [5.41, 5.74) is 2.86. The molecule has 0 N–H and O–H groups in total. The summed E-state index contributed by atoms with van der Waals surface area (Å²) in [5.74, 6) is 0.867. The first kappa shape index (κ1) is 28.8. The molecule has 0 unspecified atom stereocenters. The standard InChI is InChI=1S/C29H42BN5O4Si/c1-28(2)29(3,4)39-30(38-28)22-9-10-24-23(18-22)27(32-35(24)20-37-15-16-40(6,7)8)21-11-12-31-25(17-21)34-14-13-33(5)26(36)19-34/h9-12,17-18H,13-16,19-20H2,1-8H3. The Labute approximate surface area is 238 Å². The molecule has 11 heteroatoms. The summed E-state index contributed by atoms with van der Waals surface area (Å²) in [6.45, 7) is 18.1. The van der Waals surface area contributed by atoms with E-state index in [1.165, 1.54) is 0 Å². The van der Waals surface area contributed by atoms with Gasteiger partial charge in [-0.1, -0.05) is 31.8 Å². The fourth-order valence-corrected chi connectivity index (χ4v) is 5.61. The van der Waals surface area contributed by atoms with Crippen LogP contribution in [0.15, 0.2) is 36.5 Å². The number of carbonyl (C=O) groups is 1. The van der Waals surface area contributed by atoms with Gasteiger partial charge in [-0.3, -0.25) is 4.79 Å². The van der Waals surface area contributed by atoms with Gasteiger partial charge in [0, 0.05) is 52.0 Å². The Balaban J connectivity index is 1.51. The Kier molecular flexibility index (Phi) is 7.62. The number of pyridine rings is 1. The summed E-state index contributed by atoms with van der Waals surface area (Å²) in [4.78, 5) is 20.7. The summed E-state index contributed by atoms with van der Waals surface area (Å²) in [6.07, 6.45) is 1.79. The lowest BCUT2D eigenvalue weighted by Crippen LogP contribution is -2.48. The maximum absolute atomic E-state index is 12.4. The Bertz CT molecular complexity index is 1390. The van der Waals surface area contributed by atoms with E-state index in [1.807, 2.05) is 28.8 Å². The van der Waals surface area contributed by atoms with Crippen molar-refractivity contribution in [3.63, 3.8) is 0 Å². The fraction of sp³-hybridized carbons (Fsp3) is 0.552. The SMILES string of the molecule is CN1CCN(c2cc(-c3nn(COCC[Si](C)(C)C)c4ccc(B5OC(C)(C)C(C)(C)O5)cc34)ccn2)CC1=O. The van der Waals surface area contributed by atoms with Crippen LogP contribution in [0.25, 0.3) is 22.2 Å². The molecule has 2 aliphatic heterocycles. The maximum atomic E-state index is 12.4. The fourth-order valence-electron chi connectivity index (χ4n) is 4.86. The van der Waals surface area contributed by atoms with Gasteiger partial charge < -0.3 is 23.8 Å². The molecule has 0 atom stereocenters. The number of nitrogens with zero attached hydrogens (tertiary/aromatic N) is 5. The van der Waals surface area contributed by atoms with Crippen LogP contribution in [0.2, 0.25) is 25.7 Å². The summed E-state index contributed by atoms with van der Waals surface area (Å²) < 4.78 is 20.7. The van der Waals surface area contributed by atoms with E-state index in [0.717, 1.165) is 52.6 Å². The van der Waals surface area contributed by atoms with Crippen LogP contribution in [0, 0.1) is 0 Å². The Hall–Kier alpha value is -2.73. The van der Waals surface area contributed by atoms with E-state index >= 15 is 0 Å². The molecule has 2 aliphatic rings. The van der Waals surface area contributed by atoms with Crippen molar-refractivity contribution in [2.45, 2.75) is 71.3 Å². The summed E-state index contributed by atoms with van der Waals surface area (Å²) in [6, 6.07) is 11.4. The molecule has 9 nitrogen and oxygen atoms in total. The van der Waals surface area contributed by atoms with Crippen LogP contribution in [-0.2, 0) is 25.6 Å². The van der Waals surface area contributed by atoms with Crippen molar-refractivity contribution in [2.24, 2.45) is 0 Å². The molecule has 4 heterocycles. The van der Waals surface area contributed by atoms with Crippen molar-refractivity contribution in [3.05, 3.63) is 36.5 Å². The monoisotopic (exact) mass is 563 g/mol. The van der Waals surface area contributed by atoms with Crippen molar-refractivity contribution in [1.82, 2.24) is 19.7 Å². The largest absolute Gasteiger partial charge is 0.494 e. The number of anilines is 1. The predicted molar refractivity (Wildman–Crippen MR) is 163 cm³/mol. The number of hydrogen-bond donors (Lipinski definition) is 0. The smallest absolute Gasteiger partial charge is 0.399 e. The molecule has 0 aliphatic carbocycles. The number of amides is 1. The van der Waals surface area contributed by atoms with Crippen LogP contribution in [-0.4, -0.2) is 85.3 Å². The third-order valence-corrected chi connectivity index (χ3v) is 10.0. The van der Waals surface area contributed by atoms with Crippen molar-refractivity contribution >= 4 is 43.3 Å². The van der Waals surface area contributed by atoms with Gasteiger partial charge in [-0.25, -0.2) is 9.67 Å². The van der Waals surface area contributed by atoms with E-state index in [1.54, 1.807) is 11.1 Å². The minimum atomic E-state index is -1.20. The van der Waals surface area contributed by atoms with Crippen LogP contribution >= 0.6 is 0 Å². The van der Waals surface area contributed by atoms with Crippen LogP contribution < -0.4 is 10.4 Å². The highest BCUT2D eigenvalue weighted by Crippen LogP contribution is 2.37. The number of carbonyl (C=O) groups excluding carboxylic acids is 1. The first-order valence-electron chi connectivity index (χ1n) is 14.1. The zero-order valence-corrected chi connectivity index (χ0v) is 26.2. The minimum Gasteiger partial charge on any atom is -0.399 e. The number of piperazine rings is 1. The average Bonchev–Trinajstić information content (AvgIpc) is 3.35. The van der Waals surface area contributed by atoms with E-state index in [9.17, 15) is 4.79 Å². The molecule has 3 aromatic rings. The van der Waals surface area contributed by atoms with Crippen molar-refractivity contribution in [2.75, 3.05) is 38.2 Å². The third kappa shape index (κ3) is 5.83. The predicted octanol–water partition coefficient (Wildman–Crippen LogP) is 3.99. The van der Waals surface area contributed by atoms with Gasteiger partial charge >= 0.3 is 7.12 Å². The highest BCUT2D eigenvalue weighted by atomic mass is 28.3. The molecule has 2 aromatic heterocycles. The molecule has 214 valence electrons. The van der Waals surface area contributed by atoms with E-state index in [4.69, 9.17) is 19.1 Å². The van der Waals surface area contributed by atoms with Gasteiger partial charge in [-0.2, -0.15) is 5.10 Å². The van der Waals surface area contributed by atoms with E-state index in [2.05, 4.69) is 70.5 Å². The summed E-state index contributed by atoms with van der Waals surface area (Å²) in [5, 5.41) is 6.02. The van der Waals surface area contributed by atoms with Gasteiger partial charge in [-0.05, 0) is 57.4 Å². The van der Waals surface area contributed by atoms with E-state index < -0.39 is 26.4 Å². The highest BCUT2D eigenvalue weighted by Gasteiger charge is 2.51. The molecule has 0 radical (unpaired) electrons. The molecular formula is C29H42BN5O4Si. The van der Waals surface area contributed by atoms with Crippen molar-refractivity contribution < 1.29 is 18.8 Å². The van der Waals surface area contributed by atoms with Crippen molar-refractivity contribution in [3.8, 4) is 11.3 Å². The van der Waals surface area contributed by atoms with Gasteiger partial charge in [0.15, 0.2) is 0 Å².